The molecule has 1 aromatic rings. The lowest BCUT2D eigenvalue weighted by Gasteiger charge is -2.36. The van der Waals surface area contributed by atoms with Crippen LogP contribution in [0.15, 0.2) is 23.1 Å². The summed E-state index contributed by atoms with van der Waals surface area (Å²) in [4.78, 5) is 16.1. The van der Waals surface area contributed by atoms with Crippen molar-refractivity contribution in [3.05, 3.63) is 23.8 Å². The second-order valence-electron chi connectivity index (χ2n) is 7.31. The van der Waals surface area contributed by atoms with Gasteiger partial charge in [-0.2, -0.15) is 4.31 Å². The first-order chi connectivity index (χ1) is 12.3. The Kier molecular flexibility index (Phi) is 5.69. The van der Waals surface area contributed by atoms with Gasteiger partial charge in [0.25, 0.3) is 0 Å². The minimum Gasteiger partial charge on any atom is -0.312 e. The Bertz CT molecular complexity index is 770. The predicted octanol–water partition coefficient (Wildman–Crippen LogP) is 2.09. The number of nitrogens with zero attached hydrogens (tertiary/aromatic N) is 3. The van der Waals surface area contributed by atoms with Crippen LogP contribution in [0.1, 0.15) is 38.7 Å². The first-order valence-electron chi connectivity index (χ1n) is 9.46. The summed E-state index contributed by atoms with van der Waals surface area (Å²) in [7, 11) is -1.82. The number of benzene rings is 1. The first-order valence-corrected chi connectivity index (χ1v) is 10.9. The van der Waals surface area contributed by atoms with Gasteiger partial charge >= 0.3 is 0 Å². The van der Waals surface area contributed by atoms with Crippen LogP contribution < -0.4 is 4.90 Å². The third kappa shape index (κ3) is 3.66. The number of carbonyl (C=O) groups is 1. The van der Waals surface area contributed by atoms with Gasteiger partial charge in [-0.1, -0.05) is 6.92 Å². The smallest absolute Gasteiger partial charge is 0.243 e. The van der Waals surface area contributed by atoms with E-state index in [1.54, 1.807) is 41.4 Å². The van der Waals surface area contributed by atoms with Crippen LogP contribution in [0.2, 0.25) is 0 Å². The Morgan fingerprint density at radius 1 is 1.23 bits per heavy atom. The quantitative estimate of drug-likeness (QED) is 0.786. The second kappa shape index (κ2) is 7.66. The van der Waals surface area contributed by atoms with E-state index < -0.39 is 10.0 Å². The number of hydrogen-bond acceptors (Lipinski definition) is 4. The molecular formula is C19H29N3O3S. The summed E-state index contributed by atoms with van der Waals surface area (Å²) in [5.41, 5.74) is 1.78. The minimum atomic E-state index is -3.52. The fraction of sp³-hybridized carbons (Fsp3) is 0.632. The average molecular weight is 380 g/mol. The van der Waals surface area contributed by atoms with Crippen molar-refractivity contribution in [3.8, 4) is 0 Å². The number of piperidine rings is 1. The molecule has 144 valence electrons. The molecule has 0 spiro atoms. The van der Waals surface area contributed by atoms with Crippen LogP contribution in [-0.4, -0.2) is 62.8 Å². The standard InChI is InChI=1S/C19H29N3O3S/c1-4-10-21-11-8-17(9-12-21)20(3)26(24,25)18-5-6-19-16(14-18)7-13-22(19)15(2)23/h5-6,14,17H,4,7-13H2,1-3H3. The molecule has 2 heterocycles. The summed E-state index contributed by atoms with van der Waals surface area (Å²) in [6.07, 6.45) is 3.58. The molecule has 26 heavy (non-hydrogen) atoms. The van der Waals surface area contributed by atoms with Gasteiger partial charge in [-0.15, -0.1) is 0 Å². The van der Waals surface area contributed by atoms with E-state index in [9.17, 15) is 13.2 Å². The largest absolute Gasteiger partial charge is 0.312 e. The lowest BCUT2D eigenvalue weighted by Crippen LogP contribution is -2.45. The summed E-state index contributed by atoms with van der Waals surface area (Å²) in [5, 5.41) is 0. The van der Waals surface area contributed by atoms with E-state index in [1.807, 2.05) is 0 Å². The maximum absolute atomic E-state index is 13.1. The number of rotatable bonds is 5. The molecule has 0 aromatic heterocycles. The highest BCUT2D eigenvalue weighted by atomic mass is 32.2. The normalized spacial score (nSPS) is 19.2. The van der Waals surface area contributed by atoms with Gasteiger partial charge in [-0.3, -0.25) is 4.79 Å². The topological polar surface area (TPSA) is 60.9 Å². The monoisotopic (exact) mass is 379 g/mol. The number of fused-ring (bicyclic) bond motifs is 1. The lowest BCUT2D eigenvalue weighted by atomic mass is 10.1. The van der Waals surface area contributed by atoms with Gasteiger partial charge in [0, 0.05) is 32.2 Å². The zero-order valence-electron chi connectivity index (χ0n) is 15.9. The molecule has 2 aliphatic heterocycles. The molecule has 1 saturated heterocycles. The molecule has 0 atom stereocenters. The summed E-state index contributed by atoms with van der Waals surface area (Å²) >= 11 is 0. The van der Waals surface area contributed by atoms with E-state index in [2.05, 4.69) is 11.8 Å². The van der Waals surface area contributed by atoms with Gasteiger partial charge in [-0.05, 0) is 69.1 Å². The van der Waals surface area contributed by atoms with Crippen LogP contribution in [0, 0.1) is 0 Å². The van der Waals surface area contributed by atoms with Gasteiger partial charge in [0.15, 0.2) is 0 Å². The van der Waals surface area contributed by atoms with E-state index in [0.717, 1.165) is 50.1 Å². The molecular weight excluding hydrogens is 350 g/mol. The Morgan fingerprint density at radius 3 is 2.54 bits per heavy atom. The van der Waals surface area contributed by atoms with Gasteiger partial charge in [0.2, 0.25) is 15.9 Å². The molecule has 1 aromatic carbocycles. The van der Waals surface area contributed by atoms with E-state index in [0.29, 0.717) is 17.9 Å². The molecule has 7 heteroatoms. The maximum Gasteiger partial charge on any atom is 0.243 e. The van der Waals surface area contributed by atoms with Crippen molar-refractivity contribution in [1.29, 1.82) is 0 Å². The fourth-order valence-corrected chi connectivity index (χ4v) is 5.52. The van der Waals surface area contributed by atoms with Gasteiger partial charge in [0.05, 0.1) is 4.90 Å². The van der Waals surface area contributed by atoms with Gasteiger partial charge < -0.3 is 9.80 Å². The van der Waals surface area contributed by atoms with Crippen molar-refractivity contribution in [2.45, 2.75) is 50.5 Å². The number of hydrogen-bond donors (Lipinski definition) is 0. The summed E-state index contributed by atoms with van der Waals surface area (Å²) < 4.78 is 27.7. The molecule has 0 aliphatic carbocycles. The van der Waals surface area contributed by atoms with E-state index in [-0.39, 0.29) is 11.9 Å². The van der Waals surface area contributed by atoms with Crippen molar-refractivity contribution >= 4 is 21.6 Å². The van der Waals surface area contributed by atoms with Crippen molar-refractivity contribution in [2.75, 3.05) is 38.1 Å². The molecule has 6 nitrogen and oxygen atoms in total. The zero-order chi connectivity index (χ0) is 18.9. The molecule has 3 rings (SSSR count). The highest BCUT2D eigenvalue weighted by Crippen LogP contribution is 2.32. The molecule has 0 radical (unpaired) electrons. The zero-order valence-corrected chi connectivity index (χ0v) is 16.8. The van der Waals surface area contributed by atoms with Gasteiger partial charge in [0.1, 0.15) is 0 Å². The van der Waals surface area contributed by atoms with Crippen molar-refractivity contribution in [3.63, 3.8) is 0 Å². The van der Waals surface area contributed by atoms with E-state index >= 15 is 0 Å². The Hall–Kier alpha value is -1.44. The molecule has 1 fully saturated rings. The number of amides is 1. The third-order valence-corrected chi connectivity index (χ3v) is 7.52. The molecule has 1 amide bonds. The Morgan fingerprint density at radius 2 is 1.92 bits per heavy atom. The number of anilines is 1. The summed E-state index contributed by atoms with van der Waals surface area (Å²) in [6, 6.07) is 5.21. The highest BCUT2D eigenvalue weighted by Gasteiger charge is 2.32. The third-order valence-electron chi connectivity index (χ3n) is 5.61. The summed E-state index contributed by atoms with van der Waals surface area (Å²) in [6.45, 7) is 7.33. The predicted molar refractivity (Wildman–Crippen MR) is 103 cm³/mol. The maximum atomic E-state index is 13.1. The second-order valence-corrected chi connectivity index (χ2v) is 9.30. The van der Waals surface area contributed by atoms with Crippen molar-refractivity contribution in [1.82, 2.24) is 9.21 Å². The van der Waals surface area contributed by atoms with Crippen LogP contribution in [0.5, 0.6) is 0 Å². The molecule has 0 N–H and O–H groups in total. The van der Waals surface area contributed by atoms with Crippen LogP contribution >= 0.6 is 0 Å². The highest BCUT2D eigenvalue weighted by molar-refractivity contribution is 7.89. The van der Waals surface area contributed by atoms with Gasteiger partial charge in [-0.25, -0.2) is 8.42 Å². The fourth-order valence-electron chi connectivity index (χ4n) is 4.05. The van der Waals surface area contributed by atoms with Crippen LogP contribution in [0.4, 0.5) is 5.69 Å². The number of likely N-dealkylation sites (tertiary alicyclic amines) is 1. The van der Waals surface area contributed by atoms with E-state index in [4.69, 9.17) is 0 Å². The average Bonchev–Trinajstić information content (AvgIpc) is 3.05. The first kappa shape index (κ1) is 19.3. The number of carbonyl (C=O) groups excluding carboxylic acids is 1. The SMILES string of the molecule is CCCN1CCC(N(C)S(=O)(=O)c2ccc3c(c2)CCN3C(C)=O)CC1. The summed E-state index contributed by atoms with van der Waals surface area (Å²) in [5.74, 6) is -0.00434. The molecule has 0 unspecified atom stereocenters. The van der Waals surface area contributed by atoms with Crippen molar-refractivity contribution < 1.29 is 13.2 Å². The number of sulfonamides is 1. The van der Waals surface area contributed by atoms with Crippen LogP contribution in [-0.2, 0) is 21.2 Å². The Balaban J connectivity index is 1.75. The molecule has 0 saturated carbocycles. The minimum absolute atomic E-state index is 0.00434. The van der Waals surface area contributed by atoms with Crippen molar-refractivity contribution in [2.24, 2.45) is 0 Å². The Labute approximate surface area is 156 Å². The van der Waals surface area contributed by atoms with Crippen LogP contribution in [0.3, 0.4) is 0 Å². The van der Waals surface area contributed by atoms with Crippen LogP contribution in [0.25, 0.3) is 0 Å². The molecule has 0 bridgehead atoms. The lowest BCUT2D eigenvalue weighted by molar-refractivity contribution is -0.116. The van der Waals surface area contributed by atoms with E-state index in [1.165, 1.54) is 0 Å². The molecule has 2 aliphatic rings.